The number of hydrogen-bond acceptors (Lipinski definition) is 5. The molecule has 0 radical (unpaired) electrons. The van der Waals surface area contributed by atoms with Gasteiger partial charge in [-0.25, -0.2) is 9.97 Å². The van der Waals surface area contributed by atoms with Crippen molar-refractivity contribution in [2.45, 2.75) is 38.6 Å². The second kappa shape index (κ2) is 6.39. The van der Waals surface area contributed by atoms with Crippen LogP contribution in [0.3, 0.4) is 0 Å². The fourth-order valence-corrected chi connectivity index (χ4v) is 3.53. The lowest BCUT2D eigenvalue weighted by atomic mass is 10.2. The first kappa shape index (κ1) is 14.3. The van der Waals surface area contributed by atoms with E-state index in [-0.39, 0.29) is 11.9 Å². The van der Waals surface area contributed by atoms with Gasteiger partial charge in [-0.15, -0.1) is 11.3 Å². The van der Waals surface area contributed by atoms with E-state index in [2.05, 4.69) is 27.1 Å². The number of anilines is 1. The Bertz CT molecular complexity index is 627. The van der Waals surface area contributed by atoms with Crippen molar-refractivity contribution in [3.8, 4) is 0 Å². The zero-order chi connectivity index (χ0) is 14.7. The van der Waals surface area contributed by atoms with Gasteiger partial charge < -0.3 is 10.2 Å². The quantitative estimate of drug-likeness (QED) is 0.863. The zero-order valence-electron chi connectivity index (χ0n) is 12.2. The molecule has 0 spiro atoms. The summed E-state index contributed by atoms with van der Waals surface area (Å²) >= 11 is 1.61. The number of amides is 1. The van der Waals surface area contributed by atoms with E-state index in [1.165, 1.54) is 0 Å². The minimum absolute atomic E-state index is 0.0974. The Balaban J connectivity index is 1.80. The summed E-state index contributed by atoms with van der Waals surface area (Å²) in [6.07, 6.45) is 5.64. The van der Waals surface area contributed by atoms with Gasteiger partial charge in [0.05, 0.1) is 5.39 Å². The average Bonchev–Trinajstić information content (AvgIpc) is 3.15. The maximum atomic E-state index is 12.4. The molecule has 1 N–H and O–H groups in total. The Morgan fingerprint density at radius 2 is 2.43 bits per heavy atom. The van der Waals surface area contributed by atoms with Gasteiger partial charge in [-0.1, -0.05) is 13.3 Å². The Morgan fingerprint density at radius 1 is 1.52 bits per heavy atom. The van der Waals surface area contributed by atoms with Crippen molar-refractivity contribution in [1.29, 1.82) is 0 Å². The molecule has 1 saturated heterocycles. The number of thiophene rings is 1. The highest BCUT2D eigenvalue weighted by atomic mass is 32.1. The molecule has 1 atom stereocenters. The number of carbonyl (C=O) groups excluding carboxylic acids is 1. The third-order valence-corrected chi connectivity index (χ3v) is 4.72. The van der Waals surface area contributed by atoms with Crippen LogP contribution < -0.4 is 10.2 Å². The topological polar surface area (TPSA) is 58.1 Å². The van der Waals surface area contributed by atoms with E-state index in [4.69, 9.17) is 0 Å². The highest BCUT2D eigenvalue weighted by Crippen LogP contribution is 2.31. The number of aromatic nitrogens is 2. The summed E-state index contributed by atoms with van der Waals surface area (Å²) in [5.41, 5.74) is 0. The molecule has 1 aliphatic heterocycles. The Kier molecular flexibility index (Phi) is 4.34. The number of nitrogens with zero attached hydrogens (tertiary/aromatic N) is 3. The van der Waals surface area contributed by atoms with E-state index in [9.17, 15) is 4.79 Å². The lowest BCUT2D eigenvalue weighted by molar-refractivity contribution is -0.122. The van der Waals surface area contributed by atoms with E-state index < -0.39 is 0 Å². The lowest BCUT2D eigenvalue weighted by Crippen LogP contribution is -2.44. The van der Waals surface area contributed by atoms with Crippen molar-refractivity contribution >= 4 is 33.3 Å². The molecule has 112 valence electrons. The van der Waals surface area contributed by atoms with E-state index >= 15 is 0 Å². The SMILES string of the molecule is CCCCNC(=O)[C@H]1CCCN1c1ncnc2sccc12. The molecule has 1 fully saturated rings. The molecule has 0 unspecified atom stereocenters. The van der Waals surface area contributed by atoms with Gasteiger partial charge in [-0.2, -0.15) is 0 Å². The molecule has 0 saturated carbocycles. The summed E-state index contributed by atoms with van der Waals surface area (Å²) in [4.78, 5) is 24.2. The van der Waals surface area contributed by atoms with Crippen molar-refractivity contribution in [2.75, 3.05) is 18.0 Å². The number of unbranched alkanes of at least 4 members (excludes halogenated alkanes) is 1. The monoisotopic (exact) mass is 304 g/mol. The first-order chi connectivity index (χ1) is 10.3. The van der Waals surface area contributed by atoms with Gasteiger partial charge in [-0.3, -0.25) is 4.79 Å². The largest absolute Gasteiger partial charge is 0.354 e. The van der Waals surface area contributed by atoms with E-state index in [1.807, 2.05) is 11.4 Å². The molecule has 3 heterocycles. The highest BCUT2D eigenvalue weighted by molar-refractivity contribution is 7.16. The van der Waals surface area contributed by atoms with Gasteiger partial charge in [0.25, 0.3) is 0 Å². The van der Waals surface area contributed by atoms with Crippen LogP contribution in [-0.4, -0.2) is 35.0 Å². The number of fused-ring (bicyclic) bond motifs is 1. The second-order valence-corrected chi connectivity index (χ2v) is 6.23. The van der Waals surface area contributed by atoms with Crippen molar-refractivity contribution in [3.63, 3.8) is 0 Å². The van der Waals surface area contributed by atoms with Gasteiger partial charge in [0.2, 0.25) is 5.91 Å². The maximum absolute atomic E-state index is 12.4. The minimum atomic E-state index is -0.0974. The summed E-state index contributed by atoms with van der Waals surface area (Å²) in [5, 5.41) is 6.12. The summed E-state index contributed by atoms with van der Waals surface area (Å²) in [6.45, 7) is 3.77. The standard InChI is InChI=1S/C15H20N4OS/c1-2-3-7-16-14(20)12-5-4-8-19(12)13-11-6-9-21-15(11)18-10-17-13/h6,9-10,12H,2-5,7-8H2,1H3,(H,16,20)/t12-/m1/s1. The lowest BCUT2D eigenvalue weighted by Gasteiger charge is -2.25. The van der Waals surface area contributed by atoms with Crippen LogP contribution in [0, 0.1) is 0 Å². The molecule has 6 heteroatoms. The first-order valence-electron chi connectivity index (χ1n) is 7.54. The summed E-state index contributed by atoms with van der Waals surface area (Å²) in [7, 11) is 0. The number of carbonyl (C=O) groups is 1. The second-order valence-electron chi connectivity index (χ2n) is 5.33. The first-order valence-corrected chi connectivity index (χ1v) is 8.41. The van der Waals surface area contributed by atoms with Crippen LogP contribution in [0.4, 0.5) is 5.82 Å². The van der Waals surface area contributed by atoms with Crippen molar-refractivity contribution in [3.05, 3.63) is 17.8 Å². The minimum Gasteiger partial charge on any atom is -0.354 e. The smallest absolute Gasteiger partial charge is 0.242 e. The Hall–Kier alpha value is -1.69. The van der Waals surface area contributed by atoms with Crippen LogP contribution in [0.15, 0.2) is 17.8 Å². The van der Waals surface area contributed by atoms with Crippen LogP contribution in [-0.2, 0) is 4.79 Å². The molecular weight excluding hydrogens is 284 g/mol. The highest BCUT2D eigenvalue weighted by Gasteiger charge is 2.32. The van der Waals surface area contributed by atoms with Crippen LogP contribution >= 0.6 is 11.3 Å². The van der Waals surface area contributed by atoms with Gasteiger partial charge in [0.15, 0.2) is 0 Å². The molecule has 2 aromatic heterocycles. The zero-order valence-corrected chi connectivity index (χ0v) is 13.0. The van der Waals surface area contributed by atoms with Gasteiger partial charge >= 0.3 is 0 Å². The predicted octanol–water partition coefficient (Wildman–Crippen LogP) is 2.58. The molecule has 0 aliphatic carbocycles. The molecule has 1 aliphatic rings. The van der Waals surface area contributed by atoms with E-state index in [1.54, 1.807) is 17.7 Å². The molecule has 3 rings (SSSR count). The fraction of sp³-hybridized carbons (Fsp3) is 0.533. The Labute approximate surface area is 128 Å². The molecule has 5 nitrogen and oxygen atoms in total. The average molecular weight is 304 g/mol. The van der Waals surface area contributed by atoms with Crippen LogP contribution in [0.2, 0.25) is 0 Å². The molecule has 2 aromatic rings. The van der Waals surface area contributed by atoms with Gasteiger partial charge in [0.1, 0.15) is 23.0 Å². The summed E-state index contributed by atoms with van der Waals surface area (Å²) in [5.74, 6) is 1.03. The van der Waals surface area contributed by atoms with Crippen molar-refractivity contribution in [2.24, 2.45) is 0 Å². The fourth-order valence-electron chi connectivity index (χ4n) is 2.80. The summed E-state index contributed by atoms with van der Waals surface area (Å²) < 4.78 is 0. The normalized spacial score (nSPS) is 18.3. The number of rotatable bonds is 5. The molecular formula is C15H20N4OS. The Morgan fingerprint density at radius 3 is 3.29 bits per heavy atom. The third kappa shape index (κ3) is 2.85. The maximum Gasteiger partial charge on any atom is 0.242 e. The number of hydrogen-bond donors (Lipinski definition) is 1. The van der Waals surface area contributed by atoms with Crippen LogP contribution in [0.5, 0.6) is 0 Å². The predicted molar refractivity (Wildman–Crippen MR) is 85.7 cm³/mol. The van der Waals surface area contributed by atoms with Crippen molar-refractivity contribution < 1.29 is 4.79 Å². The molecule has 0 bridgehead atoms. The molecule has 1 amide bonds. The summed E-state index contributed by atoms with van der Waals surface area (Å²) in [6, 6.07) is 1.94. The third-order valence-electron chi connectivity index (χ3n) is 3.90. The van der Waals surface area contributed by atoms with Crippen LogP contribution in [0.1, 0.15) is 32.6 Å². The van der Waals surface area contributed by atoms with E-state index in [0.29, 0.717) is 0 Å². The number of nitrogens with one attached hydrogen (secondary N) is 1. The van der Waals surface area contributed by atoms with Gasteiger partial charge in [0, 0.05) is 13.1 Å². The van der Waals surface area contributed by atoms with E-state index in [0.717, 1.165) is 54.8 Å². The molecule has 21 heavy (non-hydrogen) atoms. The van der Waals surface area contributed by atoms with Gasteiger partial charge in [-0.05, 0) is 30.7 Å². The van der Waals surface area contributed by atoms with Crippen molar-refractivity contribution in [1.82, 2.24) is 15.3 Å². The molecule has 0 aromatic carbocycles. The van der Waals surface area contributed by atoms with Crippen LogP contribution in [0.25, 0.3) is 10.2 Å².